The number of hydrogen-bond acceptors (Lipinski definition) is 5. The molecule has 4 nitrogen and oxygen atoms in total. The van der Waals surface area contributed by atoms with Gasteiger partial charge in [-0.2, -0.15) is 0 Å². The van der Waals surface area contributed by atoms with Gasteiger partial charge in [-0.1, -0.05) is 36.9 Å². The normalized spacial score (nSPS) is 13.5. The van der Waals surface area contributed by atoms with Crippen LogP contribution in [0.15, 0.2) is 23.2 Å². The molecular weight excluding hydrogens is 386 g/mol. The number of nitrogens with one attached hydrogen (secondary N) is 1. The van der Waals surface area contributed by atoms with Crippen LogP contribution in [0.5, 0.6) is 0 Å². The summed E-state index contributed by atoms with van der Waals surface area (Å²) in [7, 11) is 0. The van der Waals surface area contributed by atoms with E-state index in [1.165, 1.54) is 46.0 Å². The number of aromatic nitrogens is 2. The summed E-state index contributed by atoms with van der Waals surface area (Å²) in [5.41, 5.74) is 4.64. The van der Waals surface area contributed by atoms with Gasteiger partial charge in [0.1, 0.15) is 15.7 Å². The third kappa shape index (κ3) is 3.80. The number of carbonyl (C=O) groups excluding carboxylic acids is 1. The lowest BCUT2D eigenvalue weighted by molar-refractivity contribution is -0.113. The van der Waals surface area contributed by atoms with Gasteiger partial charge in [-0.05, 0) is 62.6 Å². The van der Waals surface area contributed by atoms with Crippen LogP contribution in [0.25, 0.3) is 10.2 Å². The fourth-order valence-corrected chi connectivity index (χ4v) is 6.11. The van der Waals surface area contributed by atoms with Gasteiger partial charge >= 0.3 is 0 Å². The standard InChI is InChI=1S/C22H25N3OS2/c1-4-15-9-7-8-13(2)20(15)25-18(26)12-27-21-19-16-10-5-6-11-17(16)28-22(19)24-14(3)23-21/h7-9H,4-6,10-12H2,1-3H3,(H,25,26). The van der Waals surface area contributed by atoms with Gasteiger partial charge in [-0.25, -0.2) is 9.97 Å². The molecule has 2 aromatic heterocycles. The van der Waals surface area contributed by atoms with Crippen molar-refractivity contribution in [3.63, 3.8) is 0 Å². The molecule has 3 aromatic rings. The van der Waals surface area contributed by atoms with Crippen molar-refractivity contribution in [1.82, 2.24) is 9.97 Å². The van der Waals surface area contributed by atoms with Gasteiger partial charge in [0.15, 0.2) is 0 Å². The molecule has 1 aromatic carbocycles. The monoisotopic (exact) mass is 411 g/mol. The van der Waals surface area contributed by atoms with Gasteiger partial charge in [0.2, 0.25) is 5.91 Å². The van der Waals surface area contributed by atoms with Crippen molar-refractivity contribution in [2.45, 2.75) is 57.9 Å². The van der Waals surface area contributed by atoms with Crippen molar-refractivity contribution in [2.24, 2.45) is 0 Å². The molecule has 0 aliphatic heterocycles. The number of hydrogen-bond donors (Lipinski definition) is 1. The lowest BCUT2D eigenvalue weighted by Crippen LogP contribution is -2.16. The molecule has 1 aliphatic rings. The van der Waals surface area contributed by atoms with Gasteiger partial charge in [0.25, 0.3) is 0 Å². The predicted octanol–water partition coefficient (Wildman–Crippen LogP) is 5.48. The van der Waals surface area contributed by atoms with Crippen LogP contribution in [0.1, 0.15) is 47.2 Å². The van der Waals surface area contributed by atoms with E-state index in [0.29, 0.717) is 5.75 Å². The molecule has 0 saturated carbocycles. The maximum Gasteiger partial charge on any atom is 0.234 e. The van der Waals surface area contributed by atoms with Gasteiger partial charge in [0.05, 0.1) is 5.75 Å². The summed E-state index contributed by atoms with van der Waals surface area (Å²) >= 11 is 3.34. The number of fused-ring (bicyclic) bond motifs is 3. The molecule has 0 spiro atoms. The molecule has 1 aliphatic carbocycles. The number of aryl methyl sites for hydroxylation is 5. The Morgan fingerprint density at radius 1 is 1.21 bits per heavy atom. The molecule has 0 unspecified atom stereocenters. The quantitative estimate of drug-likeness (QED) is 0.446. The van der Waals surface area contributed by atoms with Crippen molar-refractivity contribution in [3.8, 4) is 0 Å². The first kappa shape index (κ1) is 19.4. The zero-order valence-electron chi connectivity index (χ0n) is 16.6. The number of para-hydroxylation sites is 1. The Morgan fingerprint density at radius 2 is 2.04 bits per heavy atom. The van der Waals surface area contributed by atoms with E-state index in [4.69, 9.17) is 4.98 Å². The summed E-state index contributed by atoms with van der Waals surface area (Å²) in [4.78, 5) is 24.6. The van der Waals surface area contributed by atoms with E-state index >= 15 is 0 Å². The second-order valence-electron chi connectivity index (χ2n) is 7.27. The van der Waals surface area contributed by atoms with Gasteiger partial charge < -0.3 is 5.32 Å². The topological polar surface area (TPSA) is 54.9 Å². The average Bonchev–Trinajstić information content (AvgIpc) is 3.05. The van der Waals surface area contributed by atoms with E-state index < -0.39 is 0 Å². The summed E-state index contributed by atoms with van der Waals surface area (Å²) in [6.07, 6.45) is 5.63. The minimum atomic E-state index is 0.0162. The molecule has 28 heavy (non-hydrogen) atoms. The number of thiophene rings is 1. The van der Waals surface area contributed by atoms with E-state index in [1.807, 2.05) is 26.0 Å². The molecule has 1 amide bonds. The Kier molecular flexibility index (Phi) is 5.69. The van der Waals surface area contributed by atoms with Crippen LogP contribution in [0.4, 0.5) is 5.69 Å². The largest absolute Gasteiger partial charge is 0.325 e. The van der Waals surface area contributed by atoms with Crippen molar-refractivity contribution >= 4 is 44.9 Å². The number of thioether (sulfide) groups is 1. The minimum Gasteiger partial charge on any atom is -0.325 e. The SMILES string of the molecule is CCc1cccc(C)c1NC(=O)CSc1nc(C)nc2sc3c(c12)CCCC3. The van der Waals surface area contributed by atoms with Crippen molar-refractivity contribution in [1.29, 1.82) is 0 Å². The van der Waals surface area contributed by atoms with Crippen LogP contribution >= 0.6 is 23.1 Å². The molecule has 6 heteroatoms. The maximum atomic E-state index is 12.7. The first-order valence-electron chi connectivity index (χ1n) is 9.86. The third-order valence-electron chi connectivity index (χ3n) is 5.24. The van der Waals surface area contributed by atoms with Crippen molar-refractivity contribution in [2.75, 3.05) is 11.1 Å². The Balaban J connectivity index is 1.56. The van der Waals surface area contributed by atoms with Crippen molar-refractivity contribution < 1.29 is 4.79 Å². The van der Waals surface area contributed by atoms with Crippen LogP contribution in [-0.2, 0) is 24.1 Å². The van der Waals surface area contributed by atoms with E-state index in [9.17, 15) is 4.79 Å². The molecular formula is C22H25N3OS2. The zero-order valence-corrected chi connectivity index (χ0v) is 18.2. The Labute approximate surface area is 174 Å². The molecule has 2 heterocycles. The summed E-state index contributed by atoms with van der Waals surface area (Å²) in [5, 5.41) is 5.26. The summed E-state index contributed by atoms with van der Waals surface area (Å²) in [6.45, 7) is 6.08. The molecule has 1 N–H and O–H groups in total. The molecule has 0 atom stereocenters. The van der Waals surface area contributed by atoms with E-state index in [0.717, 1.165) is 46.2 Å². The predicted molar refractivity (Wildman–Crippen MR) is 119 cm³/mol. The summed E-state index contributed by atoms with van der Waals surface area (Å²) in [5.74, 6) is 1.15. The second-order valence-corrected chi connectivity index (χ2v) is 9.31. The van der Waals surface area contributed by atoms with E-state index in [2.05, 4.69) is 23.3 Å². The average molecular weight is 412 g/mol. The molecule has 0 bridgehead atoms. The highest BCUT2D eigenvalue weighted by atomic mass is 32.2. The summed E-state index contributed by atoms with van der Waals surface area (Å²) in [6, 6.07) is 6.15. The van der Waals surface area contributed by atoms with Crippen LogP contribution < -0.4 is 5.32 Å². The number of rotatable bonds is 5. The second kappa shape index (κ2) is 8.21. The highest BCUT2D eigenvalue weighted by molar-refractivity contribution is 8.00. The zero-order chi connectivity index (χ0) is 19.7. The highest BCUT2D eigenvalue weighted by Crippen LogP contribution is 2.39. The number of nitrogens with zero attached hydrogens (tertiary/aromatic N) is 2. The molecule has 0 saturated heterocycles. The van der Waals surface area contributed by atoms with Crippen LogP contribution in [0.3, 0.4) is 0 Å². The lowest BCUT2D eigenvalue weighted by Gasteiger charge is -2.13. The highest BCUT2D eigenvalue weighted by Gasteiger charge is 2.21. The van der Waals surface area contributed by atoms with Gasteiger partial charge in [-0.3, -0.25) is 4.79 Å². The number of amides is 1. The molecule has 146 valence electrons. The Bertz CT molecular complexity index is 1040. The first-order chi connectivity index (χ1) is 13.6. The minimum absolute atomic E-state index is 0.0162. The number of benzene rings is 1. The van der Waals surface area contributed by atoms with Crippen LogP contribution in [0, 0.1) is 13.8 Å². The van der Waals surface area contributed by atoms with Gasteiger partial charge in [-0.15, -0.1) is 11.3 Å². The van der Waals surface area contributed by atoms with Crippen LogP contribution in [0.2, 0.25) is 0 Å². The van der Waals surface area contributed by atoms with Gasteiger partial charge in [0, 0.05) is 16.0 Å². The fourth-order valence-electron chi connectivity index (χ4n) is 3.84. The smallest absolute Gasteiger partial charge is 0.234 e. The maximum absolute atomic E-state index is 12.7. The lowest BCUT2D eigenvalue weighted by atomic mass is 9.97. The molecule has 4 rings (SSSR count). The Hall–Kier alpha value is -1.92. The number of carbonyl (C=O) groups is 1. The fraction of sp³-hybridized carbons (Fsp3) is 0.409. The number of anilines is 1. The van der Waals surface area contributed by atoms with E-state index in [1.54, 1.807) is 11.3 Å². The molecule has 0 fully saturated rings. The summed E-state index contributed by atoms with van der Waals surface area (Å²) < 4.78 is 0. The Morgan fingerprint density at radius 3 is 2.86 bits per heavy atom. The van der Waals surface area contributed by atoms with Crippen LogP contribution in [-0.4, -0.2) is 21.6 Å². The van der Waals surface area contributed by atoms with Crippen molar-refractivity contribution in [3.05, 3.63) is 45.6 Å². The van der Waals surface area contributed by atoms with E-state index in [-0.39, 0.29) is 5.91 Å². The third-order valence-corrected chi connectivity index (χ3v) is 7.40. The molecule has 0 radical (unpaired) electrons. The first-order valence-corrected chi connectivity index (χ1v) is 11.7.